The molecule has 0 aliphatic carbocycles. The van der Waals surface area contributed by atoms with Crippen molar-refractivity contribution in [3.8, 4) is 0 Å². The number of nitrogens with one attached hydrogen (secondary N) is 1. The fourth-order valence-electron chi connectivity index (χ4n) is 2.00. The smallest absolute Gasteiger partial charge is 0.0950 e. The maximum absolute atomic E-state index is 5.81. The molecule has 0 amide bonds. The molecule has 2 unspecified atom stereocenters. The second-order valence-electron chi connectivity index (χ2n) is 4.95. The molecule has 1 aromatic carbocycles. The van der Waals surface area contributed by atoms with Crippen molar-refractivity contribution in [3.05, 3.63) is 35.4 Å². The first kappa shape index (κ1) is 11.6. The zero-order valence-corrected chi connectivity index (χ0v) is 10.4. The lowest BCUT2D eigenvalue weighted by Gasteiger charge is -2.28. The molecular formula is C14H21NO. The number of benzene rings is 1. The minimum atomic E-state index is 0.220. The average molecular weight is 219 g/mol. The van der Waals surface area contributed by atoms with Crippen molar-refractivity contribution in [3.63, 3.8) is 0 Å². The zero-order valence-electron chi connectivity index (χ0n) is 10.4. The summed E-state index contributed by atoms with van der Waals surface area (Å²) in [5.41, 5.74) is 2.67. The van der Waals surface area contributed by atoms with Crippen molar-refractivity contribution in [2.75, 3.05) is 13.2 Å². The van der Waals surface area contributed by atoms with Gasteiger partial charge in [0.05, 0.1) is 12.7 Å². The quantitative estimate of drug-likeness (QED) is 0.826. The van der Waals surface area contributed by atoms with E-state index in [-0.39, 0.29) is 6.10 Å². The minimum Gasteiger partial charge on any atom is -0.371 e. The highest BCUT2D eigenvalue weighted by molar-refractivity contribution is 5.26. The van der Waals surface area contributed by atoms with Crippen molar-refractivity contribution < 1.29 is 4.74 Å². The fraction of sp³-hybridized carbons (Fsp3) is 0.571. The molecule has 1 N–H and O–H groups in total. The SMILES string of the molecule is CC1COC(c2ccc(C(C)C)cc2)CN1. The molecule has 2 atom stereocenters. The van der Waals surface area contributed by atoms with Crippen molar-refractivity contribution in [1.29, 1.82) is 0 Å². The number of ether oxygens (including phenoxy) is 1. The van der Waals surface area contributed by atoms with E-state index in [1.54, 1.807) is 0 Å². The molecule has 16 heavy (non-hydrogen) atoms. The maximum Gasteiger partial charge on any atom is 0.0950 e. The Hall–Kier alpha value is -0.860. The van der Waals surface area contributed by atoms with Gasteiger partial charge in [-0.3, -0.25) is 0 Å². The van der Waals surface area contributed by atoms with Gasteiger partial charge in [-0.15, -0.1) is 0 Å². The van der Waals surface area contributed by atoms with Gasteiger partial charge in [0.15, 0.2) is 0 Å². The average Bonchev–Trinajstić information content (AvgIpc) is 2.30. The number of hydrogen-bond acceptors (Lipinski definition) is 2. The molecule has 2 heteroatoms. The molecule has 1 fully saturated rings. The van der Waals surface area contributed by atoms with Gasteiger partial charge in [-0.25, -0.2) is 0 Å². The lowest BCUT2D eigenvalue weighted by molar-refractivity contribution is 0.00694. The number of hydrogen-bond donors (Lipinski definition) is 1. The van der Waals surface area contributed by atoms with Gasteiger partial charge in [0.25, 0.3) is 0 Å². The summed E-state index contributed by atoms with van der Waals surface area (Å²) < 4.78 is 5.81. The van der Waals surface area contributed by atoms with Crippen molar-refractivity contribution >= 4 is 0 Å². The predicted molar refractivity (Wildman–Crippen MR) is 66.7 cm³/mol. The van der Waals surface area contributed by atoms with Crippen molar-refractivity contribution in [2.45, 2.75) is 38.8 Å². The predicted octanol–water partition coefficient (Wildman–Crippen LogP) is 2.86. The van der Waals surface area contributed by atoms with Crippen LogP contribution in [0.5, 0.6) is 0 Å². The number of morpholine rings is 1. The molecule has 2 rings (SSSR count). The van der Waals surface area contributed by atoms with E-state index in [0.29, 0.717) is 12.0 Å². The van der Waals surface area contributed by atoms with Crippen LogP contribution in [0, 0.1) is 0 Å². The van der Waals surface area contributed by atoms with Gasteiger partial charge in [-0.1, -0.05) is 38.1 Å². The van der Waals surface area contributed by atoms with Gasteiger partial charge in [-0.05, 0) is 24.0 Å². The molecule has 1 aliphatic heterocycles. The zero-order chi connectivity index (χ0) is 11.5. The van der Waals surface area contributed by atoms with Crippen LogP contribution in [-0.2, 0) is 4.74 Å². The Morgan fingerprint density at radius 2 is 1.94 bits per heavy atom. The third-order valence-corrected chi connectivity index (χ3v) is 3.17. The third-order valence-electron chi connectivity index (χ3n) is 3.17. The van der Waals surface area contributed by atoms with E-state index < -0.39 is 0 Å². The molecular weight excluding hydrogens is 198 g/mol. The summed E-state index contributed by atoms with van der Waals surface area (Å²) in [7, 11) is 0. The van der Waals surface area contributed by atoms with Crippen LogP contribution in [0.1, 0.15) is 43.9 Å². The summed E-state index contributed by atoms with van der Waals surface area (Å²) in [6.45, 7) is 8.31. The Morgan fingerprint density at radius 3 is 2.44 bits per heavy atom. The Balaban J connectivity index is 2.04. The molecule has 0 bridgehead atoms. The van der Waals surface area contributed by atoms with Gasteiger partial charge in [-0.2, -0.15) is 0 Å². The third kappa shape index (κ3) is 2.63. The van der Waals surface area contributed by atoms with Crippen LogP contribution in [-0.4, -0.2) is 19.2 Å². The number of rotatable bonds is 2. The molecule has 88 valence electrons. The largest absolute Gasteiger partial charge is 0.371 e. The second kappa shape index (κ2) is 4.98. The monoisotopic (exact) mass is 219 g/mol. The minimum absolute atomic E-state index is 0.220. The van der Waals surface area contributed by atoms with Crippen LogP contribution in [0.25, 0.3) is 0 Å². The first-order chi connectivity index (χ1) is 7.66. The normalized spacial score (nSPS) is 26.0. The highest BCUT2D eigenvalue weighted by Gasteiger charge is 2.19. The Bertz CT molecular complexity index is 323. The summed E-state index contributed by atoms with van der Waals surface area (Å²) in [5, 5.41) is 3.44. The van der Waals surface area contributed by atoms with Crippen LogP contribution in [0.2, 0.25) is 0 Å². The first-order valence-corrected chi connectivity index (χ1v) is 6.11. The second-order valence-corrected chi connectivity index (χ2v) is 4.95. The van der Waals surface area contributed by atoms with Gasteiger partial charge >= 0.3 is 0 Å². The molecule has 0 aromatic heterocycles. The van der Waals surface area contributed by atoms with Gasteiger partial charge in [0.2, 0.25) is 0 Å². The van der Waals surface area contributed by atoms with E-state index in [0.717, 1.165) is 13.2 Å². The summed E-state index contributed by atoms with van der Waals surface area (Å²) in [6.07, 6.45) is 0.220. The summed E-state index contributed by atoms with van der Waals surface area (Å²) in [4.78, 5) is 0. The van der Waals surface area contributed by atoms with E-state index in [1.165, 1.54) is 11.1 Å². The Labute approximate surface area is 98.0 Å². The molecule has 0 spiro atoms. The highest BCUT2D eigenvalue weighted by atomic mass is 16.5. The van der Waals surface area contributed by atoms with Crippen LogP contribution in [0.3, 0.4) is 0 Å². The molecule has 1 saturated heterocycles. The van der Waals surface area contributed by atoms with Gasteiger partial charge in [0.1, 0.15) is 0 Å². The van der Waals surface area contributed by atoms with Gasteiger partial charge < -0.3 is 10.1 Å². The van der Waals surface area contributed by atoms with Crippen molar-refractivity contribution in [2.24, 2.45) is 0 Å². The van der Waals surface area contributed by atoms with Crippen molar-refractivity contribution in [1.82, 2.24) is 5.32 Å². The Morgan fingerprint density at radius 1 is 1.25 bits per heavy atom. The van der Waals surface area contributed by atoms with E-state index in [9.17, 15) is 0 Å². The topological polar surface area (TPSA) is 21.3 Å². The lowest BCUT2D eigenvalue weighted by atomic mass is 9.99. The standard InChI is InChI=1S/C14H21NO/c1-10(2)12-4-6-13(7-5-12)14-8-15-11(3)9-16-14/h4-7,10-11,14-15H,8-9H2,1-3H3. The summed E-state index contributed by atoms with van der Waals surface area (Å²) in [6, 6.07) is 9.28. The van der Waals surface area contributed by atoms with Crippen LogP contribution < -0.4 is 5.32 Å². The molecule has 0 saturated carbocycles. The van der Waals surface area contributed by atoms with Crippen LogP contribution in [0.4, 0.5) is 0 Å². The lowest BCUT2D eigenvalue weighted by Crippen LogP contribution is -2.40. The van der Waals surface area contributed by atoms with E-state index >= 15 is 0 Å². The molecule has 1 aliphatic rings. The van der Waals surface area contributed by atoms with Crippen LogP contribution in [0.15, 0.2) is 24.3 Å². The molecule has 0 radical (unpaired) electrons. The molecule has 1 heterocycles. The fourth-order valence-corrected chi connectivity index (χ4v) is 2.00. The molecule has 1 aromatic rings. The summed E-state index contributed by atoms with van der Waals surface area (Å²) in [5.74, 6) is 0.597. The Kier molecular flexibility index (Phi) is 3.62. The van der Waals surface area contributed by atoms with E-state index in [4.69, 9.17) is 4.74 Å². The van der Waals surface area contributed by atoms with Crippen LogP contribution >= 0.6 is 0 Å². The first-order valence-electron chi connectivity index (χ1n) is 6.11. The van der Waals surface area contributed by atoms with E-state index in [2.05, 4.69) is 50.4 Å². The van der Waals surface area contributed by atoms with E-state index in [1.807, 2.05) is 0 Å². The highest BCUT2D eigenvalue weighted by Crippen LogP contribution is 2.22. The molecule has 2 nitrogen and oxygen atoms in total. The summed E-state index contributed by atoms with van der Waals surface area (Å²) >= 11 is 0. The van der Waals surface area contributed by atoms with Gasteiger partial charge in [0, 0.05) is 12.6 Å². The maximum atomic E-state index is 5.81.